The Labute approximate surface area is 164 Å². The summed E-state index contributed by atoms with van der Waals surface area (Å²) in [4.78, 5) is 1.65. The minimum absolute atomic E-state index is 0.0727. The van der Waals surface area contributed by atoms with Crippen LogP contribution in [0.2, 0.25) is 0 Å². The molecule has 3 nitrogen and oxygen atoms in total. The zero-order valence-electron chi connectivity index (χ0n) is 17.1. The molecule has 0 amide bonds. The van der Waals surface area contributed by atoms with E-state index < -0.39 is 0 Å². The summed E-state index contributed by atoms with van der Waals surface area (Å²) in [6.07, 6.45) is 7.61. The highest BCUT2D eigenvalue weighted by molar-refractivity contribution is 5.39. The van der Waals surface area contributed by atoms with E-state index in [4.69, 9.17) is 9.47 Å². The van der Waals surface area contributed by atoms with Crippen molar-refractivity contribution < 1.29 is 14.4 Å². The van der Waals surface area contributed by atoms with Gasteiger partial charge in [-0.1, -0.05) is 24.1 Å². The van der Waals surface area contributed by atoms with Gasteiger partial charge in [-0.25, -0.2) is 0 Å². The Hall–Kier alpha value is -1.50. The normalized spacial score (nSPS) is 32.9. The molecule has 0 bridgehead atoms. The number of fused-ring (bicyclic) bond motifs is 3. The summed E-state index contributed by atoms with van der Waals surface area (Å²) in [5, 5.41) is 0. The molecular formula is C24H34NO2+. The van der Waals surface area contributed by atoms with Crippen molar-refractivity contribution in [2.45, 2.75) is 76.6 Å². The maximum Gasteiger partial charge on any atom is 0.139 e. The van der Waals surface area contributed by atoms with E-state index in [0.717, 1.165) is 25.1 Å². The lowest BCUT2D eigenvalue weighted by Crippen LogP contribution is -3.11. The van der Waals surface area contributed by atoms with Crippen LogP contribution in [0.5, 0.6) is 5.75 Å². The van der Waals surface area contributed by atoms with Crippen molar-refractivity contribution >= 4 is 0 Å². The molecule has 4 rings (SSSR count). The molecule has 0 saturated carbocycles. The summed E-state index contributed by atoms with van der Waals surface area (Å²) in [6, 6.07) is 8.35. The number of rotatable bonds is 1. The Balaban J connectivity index is 1.50. The van der Waals surface area contributed by atoms with Crippen LogP contribution in [0.15, 0.2) is 24.3 Å². The zero-order chi connectivity index (χ0) is 18.9. The predicted molar refractivity (Wildman–Crippen MR) is 108 cm³/mol. The number of nitrogens with one attached hydrogen (secondary N) is 1. The fourth-order valence-corrected chi connectivity index (χ4v) is 5.02. The van der Waals surface area contributed by atoms with Crippen LogP contribution in [-0.2, 0) is 4.74 Å². The fraction of sp³-hybridized carbons (Fsp3) is 0.667. The minimum Gasteiger partial charge on any atom is -0.487 e. The molecular weight excluding hydrogens is 334 g/mol. The Morgan fingerprint density at radius 2 is 1.81 bits per heavy atom. The second kappa shape index (κ2) is 7.49. The van der Waals surface area contributed by atoms with Crippen molar-refractivity contribution in [2.75, 3.05) is 19.6 Å². The molecule has 146 valence electrons. The molecule has 3 heteroatoms. The molecule has 3 aliphatic rings. The first-order valence-electron chi connectivity index (χ1n) is 10.8. The highest BCUT2D eigenvalue weighted by atomic mass is 16.5. The SMILES string of the molecule is CC1(C)Oc2ccccc2[C@H]2O[C@](C)(C#CC[NH+]3CCCCCC3)CC[C@H]21. The highest BCUT2D eigenvalue weighted by Gasteiger charge is 2.49. The van der Waals surface area contributed by atoms with E-state index in [-0.39, 0.29) is 17.3 Å². The zero-order valence-corrected chi connectivity index (χ0v) is 17.1. The van der Waals surface area contributed by atoms with E-state index in [2.05, 4.69) is 50.8 Å². The molecule has 3 heterocycles. The van der Waals surface area contributed by atoms with Crippen LogP contribution in [0.3, 0.4) is 0 Å². The number of para-hydroxylation sites is 1. The number of hydrogen-bond acceptors (Lipinski definition) is 2. The van der Waals surface area contributed by atoms with Gasteiger partial charge < -0.3 is 14.4 Å². The third kappa shape index (κ3) is 4.03. The van der Waals surface area contributed by atoms with Gasteiger partial charge in [-0.2, -0.15) is 0 Å². The van der Waals surface area contributed by atoms with Crippen molar-refractivity contribution in [2.24, 2.45) is 5.92 Å². The summed E-state index contributed by atoms with van der Waals surface area (Å²) in [5.74, 6) is 8.35. The van der Waals surface area contributed by atoms with E-state index in [9.17, 15) is 0 Å². The lowest BCUT2D eigenvalue weighted by atomic mass is 9.73. The second-order valence-electron chi connectivity index (χ2n) is 9.30. The monoisotopic (exact) mass is 368 g/mol. The molecule has 1 N–H and O–H groups in total. The third-order valence-corrected chi connectivity index (χ3v) is 6.68. The maximum atomic E-state index is 6.69. The second-order valence-corrected chi connectivity index (χ2v) is 9.30. The maximum absolute atomic E-state index is 6.69. The van der Waals surface area contributed by atoms with Crippen LogP contribution in [0.1, 0.15) is 71.0 Å². The predicted octanol–water partition coefficient (Wildman–Crippen LogP) is 3.55. The van der Waals surface area contributed by atoms with E-state index in [1.54, 1.807) is 4.90 Å². The molecule has 0 aromatic heterocycles. The number of likely N-dealkylation sites (tertiary alicyclic amines) is 1. The average molecular weight is 369 g/mol. The molecule has 27 heavy (non-hydrogen) atoms. The van der Waals surface area contributed by atoms with Crippen LogP contribution in [-0.4, -0.2) is 30.8 Å². The summed E-state index contributed by atoms with van der Waals surface area (Å²) in [7, 11) is 0. The van der Waals surface area contributed by atoms with Gasteiger partial charge in [0.1, 0.15) is 23.5 Å². The molecule has 0 spiro atoms. The van der Waals surface area contributed by atoms with Gasteiger partial charge in [-0.3, -0.25) is 0 Å². The van der Waals surface area contributed by atoms with E-state index in [1.165, 1.54) is 44.3 Å². The van der Waals surface area contributed by atoms with Gasteiger partial charge in [0.05, 0.1) is 19.2 Å². The lowest BCUT2D eigenvalue weighted by molar-refractivity contribution is -0.891. The van der Waals surface area contributed by atoms with Gasteiger partial charge in [0.15, 0.2) is 0 Å². The Bertz CT molecular complexity index is 723. The number of ether oxygens (including phenoxy) is 2. The van der Waals surface area contributed by atoms with Crippen LogP contribution >= 0.6 is 0 Å². The van der Waals surface area contributed by atoms with Gasteiger partial charge in [0, 0.05) is 11.5 Å². The van der Waals surface area contributed by atoms with Gasteiger partial charge in [-0.05, 0) is 71.3 Å². The van der Waals surface area contributed by atoms with Crippen molar-refractivity contribution in [3.05, 3.63) is 29.8 Å². The summed E-state index contributed by atoms with van der Waals surface area (Å²) >= 11 is 0. The summed E-state index contributed by atoms with van der Waals surface area (Å²) in [5.41, 5.74) is 0.629. The van der Waals surface area contributed by atoms with Crippen molar-refractivity contribution in [1.29, 1.82) is 0 Å². The van der Waals surface area contributed by atoms with Gasteiger partial charge in [-0.15, -0.1) is 0 Å². The smallest absolute Gasteiger partial charge is 0.139 e. The number of hydrogen-bond donors (Lipinski definition) is 1. The van der Waals surface area contributed by atoms with E-state index in [0.29, 0.717) is 5.92 Å². The Kier molecular flexibility index (Phi) is 5.23. The minimum atomic E-state index is -0.354. The number of quaternary nitrogens is 1. The summed E-state index contributed by atoms with van der Waals surface area (Å²) in [6.45, 7) is 10.1. The molecule has 1 aromatic carbocycles. The van der Waals surface area contributed by atoms with Gasteiger partial charge in [0.2, 0.25) is 0 Å². The molecule has 3 atom stereocenters. The standard InChI is InChI=1S/C24H33NO2/c1-23(2)20-13-15-24(3,14-10-18-25-16-8-4-5-9-17-25)27-22(20)19-11-6-7-12-21(19)26-23/h6-7,11-12,20,22H,4-5,8-9,13,15-18H2,1-3H3/p+1/t20-,22-,24-/m1/s1. The lowest BCUT2D eigenvalue weighted by Gasteiger charge is -2.50. The molecule has 3 aliphatic heterocycles. The molecule has 1 aromatic rings. The fourth-order valence-electron chi connectivity index (χ4n) is 5.02. The Morgan fingerprint density at radius 3 is 2.59 bits per heavy atom. The van der Waals surface area contributed by atoms with Crippen molar-refractivity contribution in [1.82, 2.24) is 0 Å². The first-order chi connectivity index (χ1) is 13.0. The third-order valence-electron chi connectivity index (χ3n) is 6.68. The topological polar surface area (TPSA) is 22.9 Å². The summed E-state index contributed by atoms with van der Waals surface area (Å²) < 4.78 is 13.0. The first kappa shape index (κ1) is 18.8. The number of benzene rings is 1. The van der Waals surface area contributed by atoms with Crippen LogP contribution in [0, 0.1) is 17.8 Å². The molecule has 0 aliphatic carbocycles. The molecule has 0 unspecified atom stereocenters. The van der Waals surface area contributed by atoms with Gasteiger partial charge in [0.25, 0.3) is 0 Å². The van der Waals surface area contributed by atoms with Gasteiger partial charge >= 0.3 is 0 Å². The van der Waals surface area contributed by atoms with Crippen LogP contribution in [0.4, 0.5) is 0 Å². The van der Waals surface area contributed by atoms with Crippen LogP contribution in [0.25, 0.3) is 0 Å². The Morgan fingerprint density at radius 1 is 1.07 bits per heavy atom. The first-order valence-corrected chi connectivity index (χ1v) is 10.8. The van der Waals surface area contributed by atoms with Crippen LogP contribution < -0.4 is 9.64 Å². The van der Waals surface area contributed by atoms with Crippen molar-refractivity contribution in [3.8, 4) is 17.6 Å². The van der Waals surface area contributed by atoms with E-state index >= 15 is 0 Å². The molecule has 0 radical (unpaired) electrons. The molecule has 2 fully saturated rings. The molecule has 2 saturated heterocycles. The average Bonchev–Trinajstić information content (AvgIpc) is 2.90. The quantitative estimate of drug-likeness (QED) is 0.766. The largest absolute Gasteiger partial charge is 0.487 e. The van der Waals surface area contributed by atoms with E-state index in [1.807, 2.05) is 6.07 Å². The highest BCUT2D eigenvalue weighted by Crippen LogP contribution is 2.52. The van der Waals surface area contributed by atoms with Crippen molar-refractivity contribution in [3.63, 3.8) is 0 Å².